The minimum Gasteiger partial charge on any atom is -0.330 e. The average molecular weight is 175 g/mol. The maximum Gasteiger partial charge on any atom is 0.238 e. The zero-order chi connectivity index (χ0) is 9.40. The van der Waals surface area contributed by atoms with Crippen LogP contribution in [0.2, 0.25) is 0 Å². The minimum absolute atomic E-state index is 0.227. The van der Waals surface area contributed by atoms with Gasteiger partial charge >= 0.3 is 0 Å². The molecule has 0 rings (SSSR count). The van der Waals surface area contributed by atoms with Crippen molar-refractivity contribution in [3.63, 3.8) is 0 Å². The summed E-state index contributed by atoms with van der Waals surface area (Å²) in [4.78, 5) is 13.0. The summed E-state index contributed by atoms with van der Waals surface area (Å²) in [5, 5.41) is 2.75. The van der Waals surface area contributed by atoms with E-state index in [1.165, 1.54) is 5.54 Å². The molecule has 6 nitrogen and oxygen atoms in total. The van der Waals surface area contributed by atoms with Gasteiger partial charge in [-0.3, -0.25) is 4.79 Å². The quantitative estimate of drug-likeness (QED) is 0.273. The van der Waals surface area contributed by atoms with Gasteiger partial charge in [0.25, 0.3) is 0 Å². The van der Waals surface area contributed by atoms with Gasteiger partial charge < -0.3 is 5.73 Å². The predicted molar refractivity (Wildman–Crippen MR) is 40.5 cm³/mol. The molecule has 0 fully saturated rings. The third kappa shape index (κ3) is 3.87. The van der Waals surface area contributed by atoms with Crippen molar-refractivity contribution in [2.45, 2.75) is 18.9 Å². The summed E-state index contributed by atoms with van der Waals surface area (Å²) < 4.78 is 11.9. The van der Waals surface area contributed by atoms with Crippen molar-refractivity contribution in [3.8, 4) is 0 Å². The molecule has 0 aromatic rings. The number of carbonyl (C=O) groups is 1. The first-order valence-corrected chi connectivity index (χ1v) is 3.41. The zero-order valence-electron chi connectivity index (χ0n) is 6.40. The smallest absolute Gasteiger partial charge is 0.238 e. The Morgan fingerprint density at radius 3 is 2.92 bits per heavy atom. The first-order valence-electron chi connectivity index (χ1n) is 3.41. The second-order valence-corrected chi connectivity index (χ2v) is 2.12. The average Bonchev–Trinajstić information content (AvgIpc) is 2.06. The van der Waals surface area contributed by atoms with Gasteiger partial charge in [0.1, 0.15) is 6.04 Å². The molecule has 0 aromatic heterocycles. The van der Waals surface area contributed by atoms with Crippen molar-refractivity contribution in [3.05, 3.63) is 10.4 Å². The number of nitrogens with two attached hydrogens (primary N) is 1. The number of azide groups is 1. The Hall–Kier alpha value is -1.17. The van der Waals surface area contributed by atoms with Crippen LogP contribution in [-0.2, 0) is 4.79 Å². The van der Waals surface area contributed by atoms with Crippen molar-refractivity contribution >= 4 is 5.91 Å². The van der Waals surface area contributed by atoms with Crippen molar-refractivity contribution in [1.82, 2.24) is 5.54 Å². The van der Waals surface area contributed by atoms with E-state index in [0.717, 1.165) is 0 Å². The van der Waals surface area contributed by atoms with E-state index in [1.54, 1.807) is 0 Å². The summed E-state index contributed by atoms with van der Waals surface area (Å²) in [5.41, 5.74) is 14.3. The molecule has 68 valence electrons. The predicted octanol–water partition coefficient (Wildman–Crippen LogP) is 0.405. The van der Waals surface area contributed by atoms with Gasteiger partial charge in [0, 0.05) is 4.91 Å². The maximum atomic E-state index is 11.9. The third-order valence-electron chi connectivity index (χ3n) is 1.27. The Balaban J connectivity index is 3.95. The summed E-state index contributed by atoms with van der Waals surface area (Å²) in [6.07, 6.45) is 0.721. The van der Waals surface area contributed by atoms with E-state index in [0.29, 0.717) is 13.0 Å². The van der Waals surface area contributed by atoms with Crippen molar-refractivity contribution < 1.29 is 9.28 Å². The van der Waals surface area contributed by atoms with E-state index in [9.17, 15) is 9.28 Å². The normalized spacial score (nSPS) is 11.8. The van der Waals surface area contributed by atoms with Gasteiger partial charge in [-0.1, -0.05) is 0 Å². The number of nitrogens with one attached hydrogen (secondary N) is 1. The fraction of sp³-hybridized carbons (Fsp3) is 0.800. The van der Waals surface area contributed by atoms with Crippen LogP contribution in [0.15, 0.2) is 5.11 Å². The molecule has 0 heterocycles. The van der Waals surface area contributed by atoms with Crippen molar-refractivity contribution in [2.75, 3.05) is 6.54 Å². The molecule has 0 saturated heterocycles. The van der Waals surface area contributed by atoms with Crippen LogP contribution in [0.25, 0.3) is 10.4 Å². The van der Waals surface area contributed by atoms with Crippen molar-refractivity contribution in [2.24, 2.45) is 10.8 Å². The highest BCUT2D eigenvalue weighted by Crippen LogP contribution is 1.98. The number of amides is 1. The molecule has 0 spiro atoms. The topological polar surface area (TPSA) is 104 Å². The molecule has 0 aromatic carbocycles. The van der Waals surface area contributed by atoms with Crippen LogP contribution in [0, 0.1) is 0 Å². The Morgan fingerprint density at radius 1 is 1.83 bits per heavy atom. The molecule has 7 heteroatoms. The van der Waals surface area contributed by atoms with Gasteiger partial charge in [0.05, 0.1) is 0 Å². The number of nitrogens with zero attached hydrogens (tertiary/aromatic N) is 3. The summed E-state index contributed by atoms with van der Waals surface area (Å²) in [6.45, 7) is 0.363. The maximum absolute atomic E-state index is 11.9. The van der Waals surface area contributed by atoms with Crippen LogP contribution in [-0.4, -0.2) is 18.5 Å². The van der Waals surface area contributed by atoms with E-state index < -0.39 is 11.9 Å². The molecule has 3 N–H and O–H groups in total. The van der Waals surface area contributed by atoms with E-state index in [1.807, 2.05) is 0 Å². The monoisotopic (exact) mass is 175 g/mol. The van der Waals surface area contributed by atoms with Crippen LogP contribution in [0.5, 0.6) is 0 Å². The second-order valence-electron chi connectivity index (χ2n) is 2.12. The van der Waals surface area contributed by atoms with E-state index in [4.69, 9.17) is 11.3 Å². The van der Waals surface area contributed by atoms with E-state index >= 15 is 0 Å². The molecule has 1 amide bonds. The van der Waals surface area contributed by atoms with Gasteiger partial charge in [-0.05, 0) is 30.0 Å². The van der Waals surface area contributed by atoms with Gasteiger partial charge in [-0.2, -0.15) is 0 Å². The second kappa shape index (κ2) is 6.53. The fourth-order valence-electron chi connectivity index (χ4n) is 0.660. The first-order chi connectivity index (χ1) is 5.76. The van der Waals surface area contributed by atoms with Crippen LogP contribution < -0.4 is 11.3 Å². The minimum atomic E-state index is -1.07. The molecule has 0 saturated carbocycles. The highest BCUT2D eigenvalue weighted by atomic mass is 19.2. The molecule has 0 radical (unpaired) electrons. The largest absolute Gasteiger partial charge is 0.330 e. The molecule has 1 atom stereocenters. The molecule has 0 aliphatic heterocycles. The molecule has 0 aliphatic carbocycles. The van der Waals surface area contributed by atoms with Crippen LogP contribution in [0.1, 0.15) is 12.8 Å². The third-order valence-corrected chi connectivity index (χ3v) is 1.27. The molecule has 0 unspecified atom stereocenters. The Kier molecular flexibility index (Phi) is 5.90. The fourth-order valence-corrected chi connectivity index (χ4v) is 0.660. The Bertz CT molecular complexity index is 190. The number of carbonyl (C=O) groups excluding carboxylic acids is 1. The van der Waals surface area contributed by atoms with Gasteiger partial charge in [0.2, 0.25) is 5.91 Å². The van der Waals surface area contributed by atoms with Crippen LogP contribution >= 0.6 is 0 Å². The number of hydrogen-bond acceptors (Lipinski definition) is 3. The van der Waals surface area contributed by atoms with Crippen LogP contribution in [0.4, 0.5) is 4.48 Å². The Morgan fingerprint density at radius 2 is 2.50 bits per heavy atom. The lowest BCUT2D eigenvalue weighted by Gasteiger charge is -2.07. The summed E-state index contributed by atoms with van der Waals surface area (Å²) in [7, 11) is 0. The number of hydrogen-bond donors (Lipinski definition) is 2. The first kappa shape index (κ1) is 10.8. The standard InChI is InChI=1S/C5H10FN5O/c6-9-4(2-1-3-7)5(12)10-11-8/h4,9H,1-3,7H2/t4-/m0/s1. The summed E-state index contributed by atoms with van der Waals surface area (Å²) in [5.74, 6) is -0.853. The molecular weight excluding hydrogens is 165 g/mol. The van der Waals surface area contributed by atoms with Crippen LogP contribution in [0.3, 0.4) is 0 Å². The lowest BCUT2D eigenvalue weighted by atomic mass is 10.1. The molecular formula is C5H10FN5O. The lowest BCUT2D eigenvalue weighted by Crippen LogP contribution is -2.30. The summed E-state index contributed by atoms with van der Waals surface area (Å²) >= 11 is 0. The molecule has 12 heavy (non-hydrogen) atoms. The van der Waals surface area contributed by atoms with E-state index in [-0.39, 0.29) is 6.42 Å². The Labute approximate surface area is 68.5 Å². The number of halogens is 1. The molecule has 0 aliphatic rings. The van der Waals surface area contributed by atoms with Crippen molar-refractivity contribution in [1.29, 1.82) is 0 Å². The van der Waals surface area contributed by atoms with Gasteiger partial charge in [-0.25, -0.2) is 0 Å². The highest BCUT2D eigenvalue weighted by Gasteiger charge is 2.15. The number of rotatable bonds is 5. The zero-order valence-corrected chi connectivity index (χ0v) is 6.40. The van der Waals surface area contributed by atoms with Gasteiger partial charge in [-0.15, -0.1) is 10.0 Å². The lowest BCUT2D eigenvalue weighted by molar-refractivity contribution is -0.121. The highest BCUT2D eigenvalue weighted by molar-refractivity contribution is 5.82. The summed E-state index contributed by atoms with van der Waals surface area (Å²) in [6, 6.07) is -1.07. The SMILES string of the molecule is [N-]=[N+]=NC(=O)[C@H](CCCN)NF. The van der Waals surface area contributed by atoms with E-state index in [2.05, 4.69) is 10.0 Å². The molecule has 0 bridgehead atoms. The van der Waals surface area contributed by atoms with Gasteiger partial charge in [0.15, 0.2) is 0 Å².